The van der Waals surface area contributed by atoms with Crippen molar-refractivity contribution in [2.75, 3.05) is 7.05 Å². The number of carbonyl (C=O) groups excluding carboxylic acids is 1. The van der Waals surface area contributed by atoms with Crippen molar-refractivity contribution in [3.05, 3.63) is 35.4 Å². The molecule has 1 aromatic carbocycles. The van der Waals surface area contributed by atoms with E-state index in [4.69, 9.17) is 0 Å². The van der Waals surface area contributed by atoms with Crippen molar-refractivity contribution in [2.24, 2.45) is 0 Å². The van der Waals surface area contributed by atoms with Crippen LogP contribution in [0.4, 0.5) is 0 Å². The number of carbonyl (C=O) groups is 1. The van der Waals surface area contributed by atoms with Crippen LogP contribution in [-0.2, 0) is 17.8 Å². The summed E-state index contributed by atoms with van der Waals surface area (Å²) in [4.78, 5) is 13.4. The van der Waals surface area contributed by atoms with Crippen LogP contribution in [-0.4, -0.2) is 28.6 Å². The topological polar surface area (TPSA) is 40.5 Å². The molecule has 0 aliphatic carbocycles. The first-order valence-electron chi connectivity index (χ1n) is 6.40. The van der Waals surface area contributed by atoms with Crippen molar-refractivity contribution in [3.63, 3.8) is 0 Å². The van der Waals surface area contributed by atoms with Gasteiger partial charge in [-0.3, -0.25) is 4.79 Å². The van der Waals surface area contributed by atoms with Gasteiger partial charge in [0.25, 0.3) is 5.91 Å². The molecule has 0 atom stereocenters. The summed E-state index contributed by atoms with van der Waals surface area (Å²) in [6.45, 7) is 5.70. The lowest BCUT2D eigenvalue weighted by Crippen LogP contribution is -2.42. The predicted molar refractivity (Wildman–Crippen MR) is 73.2 cm³/mol. The molecule has 18 heavy (non-hydrogen) atoms. The molecule has 0 saturated carbocycles. The fraction of sp³-hybridized carbons (Fsp3) is 0.533. The Labute approximate surface area is 109 Å². The third-order valence-corrected chi connectivity index (χ3v) is 2.85. The van der Waals surface area contributed by atoms with Crippen molar-refractivity contribution in [1.82, 2.24) is 4.90 Å². The monoisotopic (exact) mass is 249 g/mol. The maximum Gasteiger partial charge on any atom is 0.253 e. The number of amides is 1. The molecule has 0 unspecified atom stereocenters. The van der Waals surface area contributed by atoms with Gasteiger partial charge in [-0.15, -0.1) is 0 Å². The first kappa shape index (κ1) is 14.7. The van der Waals surface area contributed by atoms with Gasteiger partial charge in [0, 0.05) is 13.6 Å². The Kier molecular flexibility index (Phi) is 4.91. The minimum atomic E-state index is -1.31. The number of benzene rings is 1. The molecule has 1 rings (SSSR count). The van der Waals surface area contributed by atoms with E-state index < -0.39 is 5.60 Å². The molecule has 0 bridgehead atoms. The number of hydrogen-bond acceptors (Lipinski definition) is 2. The van der Waals surface area contributed by atoms with Crippen LogP contribution in [0, 0.1) is 0 Å². The van der Waals surface area contributed by atoms with Crippen molar-refractivity contribution < 1.29 is 9.90 Å². The highest BCUT2D eigenvalue weighted by molar-refractivity contribution is 5.83. The summed E-state index contributed by atoms with van der Waals surface area (Å²) in [5.74, 6) is -0.264. The second-order valence-electron chi connectivity index (χ2n) is 5.29. The maximum absolute atomic E-state index is 11.8. The Morgan fingerprint density at radius 2 is 1.72 bits per heavy atom. The molecule has 100 valence electrons. The fourth-order valence-corrected chi connectivity index (χ4v) is 1.91. The van der Waals surface area contributed by atoms with Crippen molar-refractivity contribution in [2.45, 2.75) is 45.8 Å². The Hall–Kier alpha value is -1.35. The van der Waals surface area contributed by atoms with Crippen LogP contribution in [0.1, 0.15) is 38.3 Å². The maximum atomic E-state index is 11.8. The standard InChI is InChI=1S/C15H23NO2/c1-5-6-12-7-9-13(10-8-12)11-16(4)14(17)15(2,3)18/h7-10,18H,5-6,11H2,1-4H3. The Balaban J connectivity index is 2.65. The molecule has 1 N–H and O–H groups in total. The summed E-state index contributed by atoms with van der Waals surface area (Å²) in [7, 11) is 1.71. The van der Waals surface area contributed by atoms with Gasteiger partial charge in [0.1, 0.15) is 5.60 Å². The quantitative estimate of drug-likeness (QED) is 0.870. The van der Waals surface area contributed by atoms with Crippen LogP contribution in [0.25, 0.3) is 0 Å². The molecular weight excluding hydrogens is 226 g/mol. The predicted octanol–water partition coefficient (Wildman–Crippen LogP) is 2.37. The molecule has 3 nitrogen and oxygen atoms in total. The zero-order valence-electron chi connectivity index (χ0n) is 11.7. The van der Waals surface area contributed by atoms with Gasteiger partial charge in [0.15, 0.2) is 0 Å². The third kappa shape index (κ3) is 4.15. The van der Waals surface area contributed by atoms with Crippen LogP contribution in [0.5, 0.6) is 0 Å². The number of hydrogen-bond donors (Lipinski definition) is 1. The normalized spacial score (nSPS) is 11.4. The lowest BCUT2D eigenvalue weighted by Gasteiger charge is -2.25. The smallest absolute Gasteiger partial charge is 0.253 e. The van der Waals surface area contributed by atoms with Gasteiger partial charge >= 0.3 is 0 Å². The van der Waals surface area contributed by atoms with Gasteiger partial charge in [-0.25, -0.2) is 0 Å². The summed E-state index contributed by atoms with van der Waals surface area (Å²) >= 11 is 0. The van der Waals surface area contributed by atoms with Crippen LogP contribution >= 0.6 is 0 Å². The number of nitrogens with zero attached hydrogens (tertiary/aromatic N) is 1. The molecule has 0 aliphatic heterocycles. The van der Waals surface area contributed by atoms with Crippen molar-refractivity contribution in [1.29, 1.82) is 0 Å². The SMILES string of the molecule is CCCc1ccc(CN(C)C(=O)C(C)(C)O)cc1. The number of rotatable bonds is 5. The molecule has 0 radical (unpaired) electrons. The van der Waals surface area contributed by atoms with Crippen molar-refractivity contribution in [3.8, 4) is 0 Å². The molecule has 1 amide bonds. The van der Waals surface area contributed by atoms with Gasteiger partial charge in [0.2, 0.25) is 0 Å². The van der Waals surface area contributed by atoms with Gasteiger partial charge in [-0.1, -0.05) is 37.6 Å². The van der Waals surface area contributed by atoms with E-state index in [2.05, 4.69) is 19.1 Å². The molecule has 0 heterocycles. The average molecular weight is 249 g/mol. The van der Waals surface area contributed by atoms with Crippen LogP contribution < -0.4 is 0 Å². The van der Waals surface area contributed by atoms with E-state index in [1.54, 1.807) is 11.9 Å². The van der Waals surface area contributed by atoms with Gasteiger partial charge in [-0.2, -0.15) is 0 Å². The molecule has 0 aliphatic rings. The molecule has 1 aromatic rings. The van der Waals surface area contributed by atoms with Gasteiger partial charge in [-0.05, 0) is 31.4 Å². The van der Waals surface area contributed by atoms with Crippen LogP contribution in [0.15, 0.2) is 24.3 Å². The fourth-order valence-electron chi connectivity index (χ4n) is 1.91. The van der Waals surface area contributed by atoms with E-state index in [0.29, 0.717) is 6.54 Å². The molecule has 0 fully saturated rings. The summed E-state index contributed by atoms with van der Waals surface area (Å²) in [5.41, 5.74) is 1.09. The van der Waals surface area contributed by atoms with E-state index in [1.165, 1.54) is 19.4 Å². The highest BCUT2D eigenvalue weighted by Crippen LogP contribution is 2.12. The number of aliphatic hydroxyl groups is 1. The van der Waals surface area contributed by atoms with E-state index >= 15 is 0 Å². The minimum Gasteiger partial charge on any atom is -0.381 e. The average Bonchev–Trinajstić information content (AvgIpc) is 2.30. The van der Waals surface area contributed by atoms with E-state index in [1.807, 2.05) is 12.1 Å². The molecule has 0 spiro atoms. The van der Waals surface area contributed by atoms with Crippen molar-refractivity contribution >= 4 is 5.91 Å². The van der Waals surface area contributed by atoms with Gasteiger partial charge < -0.3 is 10.0 Å². The Bertz CT molecular complexity index is 390. The second kappa shape index (κ2) is 6.01. The highest BCUT2D eigenvalue weighted by Gasteiger charge is 2.27. The third-order valence-electron chi connectivity index (χ3n) is 2.85. The Morgan fingerprint density at radius 3 is 2.17 bits per heavy atom. The van der Waals surface area contributed by atoms with Crippen LogP contribution in [0.2, 0.25) is 0 Å². The van der Waals surface area contributed by atoms with E-state index in [0.717, 1.165) is 18.4 Å². The summed E-state index contributed by atoms with van der Waals surface area (Å²) < 4.78 is 0. The molecule has 0 aromatic heterocycles. The highest BCUT2D eigenvalue weighted by atomic mass is 16.3. The first-order chi connectivity index (χ1) is 8.34. The minimum absolute atomic E-state index is 0.264. The molecule has 3 heteroatoms. The second-order valence-corrected chi connectivity index (χ2v) is 5.29. The zero-order chi connectivity index (χ0) is 13.8. The number of likely N-dealkylation sites (N-methyl/N-ethyl adjacent to an activating group) is 1. The summed E-state index contributed by atoms with van der Waals surface area (Å²) in [6, 6.07) is 8.28. The summed E-state index contributed by atoms with van der Waals surface area (Å²) in [6.07, 6.45) is 2.22. The van der Waals surface area contributed by atoms with E-state index in [-0.39, 0.29) is 5.91 Å². The molecular formula is C15H23NO2. The van der Waals surface area contributed by atoms with Crippen LogP contribution in [0.3, 0.4) is 0 Å². The lowest BCUT2D eigenvalue weighted by molar-refractivity contribution is -0.146. The lowest BCUT2D eigenvalue weighted by atomic mass is 10.1. The first-order valence-corrected chi connectivity index (χ1v) is 6.40. The van der Waals surface area contributed by atoms with E-state index in [9.17, 15) is 9.90 Å². The molecule has 0 saturated heterocycles. The Morgan fingerprint density at radius 1 is 1.22 bits per heavy atom. The largest absolute Gasteiger partial charge is 0.381 e. The summed E-state index contributed by atoms with van der Waals surface area (Å²) in [5, 5.41) is 9.66. The number of aryl methyl sites for hydroxylation is 1. The zero-order valence-corrected chi connectivity index (χ0v) is 11.7. The van der Waals surface area contributed by atoms with Gasteiger partial charge in [0.05, 0.1) is 0 Å².